The third-order valence-electron chi connectivity index (χ3n) is 4.41. The number of methoxy groups -OCH3 is 1. The minimum absolute atomic E-state index is 0.182. The number of carbonyl (C=O) groups is 2. The average Bonchev–Trinajstić information content (AvgIpc) is 2.87. The Morgan fingerprint density at radius 1 is 0.960 bits per heavy atom. The zero-order valence-electron chi connectivity index (χ0n) is 14.6. The van der Waals surface area contributed by atoms with Gasteiger partial charge in [0, 0.05) is 13.1 Å². The molecule has 0 atom stereocenters. The van der Waals surface area contributed by atoms with E-state index in [1.165, 1.54) is 10.5 Å². The summed E-state index contributed by atoms with van der Waals surface area (Å²) in [6.45, 7) is 2.06. The molecule has 0 unspecified atom stereocenters. The van der Waals surface area contributed by atoms with Crippen LogP contribution in [0.25, 0.3) is 0 Å². The fraction of sp³-hybridized carbons (Fsp3) is 0.300. The second-order valence-corrected chi connectivity index (χ2v) is 6.25. The third kappa shape index (κ3) is 3.72. The van der Waals surface area contributed by atoms with Crippen LogP contribution in [0.3, 0.4) is 0 Å². The van der Waals surface area contributed by atoms with Crippen molar-refractivity contribution in [2.45, 2.75) is 13.0 Å². The van der Waals surface area contributed by atoms with Crippen LogP contribution >= 0.6 is 0 Å². The van der Waals surface area contributed by atoms with Gasteiger partial charge in [-0.15, -0.1) is 0 Å². The minimum Gasteiger partial charge on any atom is -0.497 e. The molecule has 0 radical (unpaired) electrons. The standard InChI is InChI=1S/C20H22N2O3/c1-21(14-15-8-10-16(25-2)11-9-15)12-5-13-22-19(23)17-6-3-4-7-18(17)20(22)24/h3-4,6-11H,5,12-14H2,1-2H3. The van der Waals surface area contributed by atoms with E-state index in [2.05, 4.69) is 4.90 Å². The lowest BCUT2D eigenvalue weighted by molar-refractivity contribution is 0.0648. The first-order valence-electron chi connectivity index (χ1n) is 8.37. The Morgan fingerprint density at radius 3 is 2.12 bits per heavy atom. The fourth-order valence-electron chi connectivity index (χ4n) is 3.06. The van der Waals surface area contributed by atoms with Crippen molar-refractivity contribution in [2.24, 2.45) is 0 Å². The van der Waals surface area contributed by atoms with Gasteiger partial charge in [-0.3, -0.25) is 14.5 Å². The summed E-state index contributed by atoms with van der Waals surface area (Å²) in [5.41, 5.74) is 2.22. The first-order chi connectivity index (χ1) is 12.1. The van der Waals surface area contributed by atoms with E-state index < -0.39 is 0 Å². The Kier molecular flexibility index (Phi) is 5.14. The number of ether oxygens (including phenoxy) is 1. The van der Waals surface area contributed by atoms with Gasteiger partial charge in [0.2, 0.25) is 0 Å². The molecule has 2 aromatic rings. The summed E-state index contributed by atoms with van der Waals surface area (Å²) in [6, 6.07) is 15.0. The van der Waals surface area contributed by atoms with Crippen LogP contribution in [0.1, 0.15) is 32.7 Å². The number of benzene rings is 2. The molecule has 5 heteroatoms. The normalized spacial score (nSPS) is 13.5. The first-order valence-corrected chi connectivity index (χ1v) is 8.37. The van der Waals surface area contributed by atoms with Gasteiger partial charge in [-0.05, 0) is 49.8 Å². The van der Waals surface area contributed by atoms with Crippen LogP contribution in [0, 0.1) is 0 Å². The Hall–Kier alpha value is -2.66. The van der Waals surface area contributed by atoms with Gasteiger partial charge >= 0.3 is 0 Å². The quantitative estimate of drug-likeness (QED) is 0.729. The van der Waals surface area contributed by atoms with E-state index in [-0.39, 0.29) is 11.8 Å². The van der Waals surface area contributed by atoms with Gasteiger partial charge in [0.1, 0.15) is 5.75 Å². The van der Waals surface area contributed by atoms with Crippen molar-refractivity contribution < 1.29 is 14.3 Å². The molecule has 3 rings (SSSR count). The number of fused-ring (bicyclic) bond motifs is 1. The van der Waals surface area contributed by atoms with E-state index in [1.807, 2.05) is 31.3 Å². The van der Waals surface area contributed by atoms with E-state index >= 15 is 0 Å². The van der Waals surface area contributed by atoms with Crippen LogP contribution in [0.15, 0.2) is 48.5 Å². The van der Waals surface area contributed by atoms with Crippen LogP contribution in [0.2, 0.25) is 0 Å². The minimum atomic E-state index is -0.182. The lowest BCUT2D eigenvalue weighted by Crippen LogP contribution is -2.32. The van der Waals surface area contributed by atoms with Crippen molar-refractivity contribution in [3.63, 3.8) is 0 Å². The van der Waals surface area contributed by atoms with Crippen LogP contribution in [0.5, 0.6) is 5.75 Å². The van der Waals surface area contributed by atoms with Crippen molar-refractivity contribution in [1.82, 2.24) is 9.80 Å². The molecule has 0 N–H and O–H groups in total. The van der Waals surface area contributed by atoms with Gasteiger partial charge in [0.05, 0.1) is 18.2 Å². The highest BCUT2D eigenvalue weighted by Gasteiger charge is 2.34. The largest absolute Gasteiger partial charge is 0.497 e. The Bertz CT molecular complexity index is 736. The number of imide groups is 1. The number of carbonyl (C=O) groups excluding carboxylic acids is 2. The molecule has 0 fully saturated rings. The van der Waals surface area contributed by atoms with E-state index in [4.69, 9.17) is 4.74 Å². The number of hydrogen-bond acceptors (Lipinski definition) is 4. The molecule has 1 aliphatic heterocycles. The number of nitrogens with zero attached hydrogens (tertiary/aromatic N) is 2. The molecule has 5 nitrogen and oxygen atoms in total. The smallest absolute Gasteiger partial charge is 0.261 e. The molecule has 1 heterocycles. The van der Waals surface area contributed by atoms with E-state index in [0.717, 1.165) is 25.3 Å². The maximum absolute atomic E-state index is 12.3. The summed E-state index contributed by atoms with van der Waals surface area (Å²) in [6.07, 6.45) is 0.748. The second-order valence-electron chi connectivity index (χ2n) is 6.25. The number of amides is 2. The van der Waals surface area contributed by atoms with Crippen molar-refractivity contribution in [1.29, 1.82) is 0 Å². The molecule has 25 heavy (non-hydrogen) atoms. The lowest BCUT2D eigenvalue weighted by Gasteiger charge is -2.19. The number of rotatable bonds is 7. The molecule has 1 aliphatic rings. The summed E-state index contributed by atoms with van der Waals surface area (Å²) in [7, 11) is 3.69. The topological polar surface area (TPSA) is 49.9 Å². The monoisotopic (exact) mass is 338 g/mol. The van der Waals surface area contributed by atoms with Crippen molar-refractivity contribution in [2.75, 3.05) is 27.2 Å². The summed E-state index contributed by atoms with van der Waals surface area (Å²) in [4.78, 5) is 28.2. The van der Waals surface area contributed by atoms with Crippen LogP contribution < -0.4 is 4.74 Å². The fourth-order valence-corrected chi connectivity index (χ4v) is 3.06. The van der Waals surface area contributed by atoms with E-state index in [0.29, 0.717) is 17.7 Å². The zero-order valence-corrected chi connectivity index (χ0v) is 14.6. The summed E-state index contributed by atoms with van der Waals surface area (Å²) < 4.78 is 5.16. The molecule has 0 saturated carbocycles. The van der Waals surface area contributed by atoms with Gasteiger partial charge in [-0.2, -0.15) is 0 Å². The van der Waals surface area contributed by atoms with E-state index in [1.54, 1.807) is 31.4 Å². The molecular weight excluding hydrogens is 316 g/mol. The van der Waals surface area contributed by atoms with Gasteiger partial charge in [-0.25, -0.2) is 0 Å². The SMILES string of the molecule is COc1ccc(CN(C)CCCN2C(=O)c3ccccc3C2=O)cc1. The predicted octanol–water partition coefficient (Wildman–Crippen LogP) is 2.81. The van der Waals surface area contributed by atoms with Crippen LogP contribution in [-0.2, 0) is 6.54 Å². The third-order valence-corrected chi connectivity index (χ3v) is 4.41. The highest BCUT2D eigenvalue weighted by atomic mass is 16.5. The first kappa shape index (κ1) is 17.2. The lowest BCUT2D eigenvalue weighted by atomic mass is 10.1. The van der Waals surface area contributed by atoms with E-state index in [9.17, 15) is 9.59 Å². The van der Waals surface area contributed by atoms with Crippen LogP contribution in [0.4, 0.5) is 0 Å². The Morgan fingerprint density at radius 2 is 1.56 bits per heavy atom. The highest BCUT2D eigenvalue weighted by molar-refractivity contribution is 6.21. The molecule has 2 aromatic carbocycles. The number of hydrogen-bond donors (Lipinski definition) is 0. The molecular formula is C20H22N2O3. The van der Waals surface area contributed by atoms with Gasteiger partial charge < -0.3 is 9.64 Å². The highest BCUT2D eigenvalue weighted by Crippen LogP contribution is 2.22. The molecule has 0 aliphatic carbocycles. The van der Waals surface area contributed by atoms with Gasteiger partial charge in [0.25, 0.3) is 11.8 Å². The van der Waals surface area contributed by atoms with Crippen molar-refractivity contribution in [3.05, 3.63) is 65.2 Å². The van der Waals surface area contributed by atoms with Crippen LogP contribution in [-0.4, -0.2) is 48.9 Å². The molecule has 0 aromatic heterocycles. The maximum atomic E-state index is 12.3. The average molecular weight is 338 g/mol. The maximum Gasteiger partial charge on any atom is 0.261 e. The Labute approximate surface area is 147 Å². The summed E-state index contributed by atoms with van der Waals surface area (Å²) >= 11 is 0. The van der Waals surface area contributed by atoms with Crippen molar-refractivity contribution >= 4 is 11.8 Å². The summed E-state index contributed by atoms with van der Waals surface area (Å²) in [5.74, 6) is 0.480. The predicted molar refractivity (Wildman–Crippen MR) is 95.8 cm³/mol. The molecule has 2 amide bonds. The summed E-state index contributed by atoms with van der Waals surface area (Å²) in [5, 5.41) is 0. The van der Waals surface area contributed by atoms with Gasteiger partial charge in [0.15, 0.2) is 0 Å². The van der Waals surface area contributed by atoms with Crippen molar-refractivity contribution in [3.8, 4) is 5.75 Å². The molecule has 130 valence electrons. The zero-order chi connectivity index (χ0) is 17.8. The molecule has 0 spiro atoms. The Balaban J connectivity index is 1.49. The van der Waals surface area contributed by atoms with Gasteiger partial charge in [-0.1, -0.05) is 24.3 Å². The second kappa shape index (κ2) is 7.49. The molecule has 0 bridgehead atoms. The molecule has 0 saturated heterocycles.